The molecule has 2 aliphatic heterocycles. The number of piperazine rings is 1. The lowest BCUT2D eigenvalue weighted by atomic mass is 9.91. The molecule has 0 amide bonds. The number of rotatable bonds is 3. The molecule has 1 aromatic carbocycles. The maximum atomic E-state index is 5.99. The molecule has 30 heavy (non-hydrogen) atoms. The van der Waals surface area contributed by atoms with Crippen molar-refractivity contribution in [1.29, 1.82) is 0 Å². The van der Waals surface area contributed by atoms with Gasteiger partial charge in [0.2, 0.25) is 0 Å². The fraction of sp³-hybridized carbons (Fsp3) is 0.500. The van der Waals surface area contributed by atoms with E-state index < -0.39 is 0 Å². The number of hydrogen-bond donors (Lipinski definition) is 0. The molecule has 4 heteroatoms. The Morgan fingerprint density at radius 2 is 1.80 bits per heavy atom. The number of hydrogen-bond acceptors (Lipinski definition) is 3. The Bertz CT molecular complexity index is 816. The Kier molecular flexibility index (Phi) is 9.87. The van der Waals surface area contributed by atoms with E-state index in [2.05, 4.69) is 55.8 Å². The van der Waals surface area contributed by atoms with Crippen molar-refractivity contribution >= 4 is 28.6 Å². The van der Waals surface area contributed by atoms with Crippen molar-refractivity contribution in [2.24, 2.45) is 0 Å². The molecule has 2 aliphatic rings. The predicted molar refractivity (Wildman–Crippen MR) is 133 cm³/mol. The highest BCUT2D eigenvalue weighted by molar-refractivity contribution is 6.35. The lowest BCUT2D eigenvalue weighted by molar-refractivity contribution is 0.0286. The maximum Gasteiger partial charge on any atom is 0.0722 e. The second kappa shape index (κ2) is 12.1. The zero-order valence-electron chi connectivity index (χ0n) is 19.2. The number of halogens is 1. The Labute approximate surface area is 188 Å². The van der Waals surface area contributed by atoms with E-state index in [0.717, 1.165) is 33.6 Å². The van der Waals surface area contributed by atoms with Crippen LogP contribution in [0.3, 0.4) is 0 Å². The average molecular weight is 428 g/mol. The predicted octanol–water partition coefficient (Wildman–Crippen LogP) is 7.03. The summed E-state index contributed by atoms with van der Waals surface area (Å²) in [6, 6.07) is 9.18. The second-order valence-electron chi connectivity index (χ2n) is 8.38. The van der Waals surface area contributed by atoms with Crippen LogP contribution in [0.4, 0.5) is 0 Å². The Hall–Kier alpha value is -1.84. The number of allylic oxidation sites excluding steroid dienone is 1. The number of likely N-dealkylation sites (N-methyl/N-ethyl adjacent to an activating group) is 1. The van der Waals surface area contributed by atoms with Crippen LogP contribution < -0.4 is 0 Å². The first-order valence-corrected chi connectivity index (χ1v) is 11.6. The number of aromatic nitrogens is 1. The van der Waals surface area contributed by atoms with Gasteiger partial charge in [0.05, 0.1) is 10.5 Å². The van der Waals surface area contributed by atoms with Crippen LogP contribution in [0.5, 0.6) is 0 Å². The molecule has 0 saturated carbocycles. The molecular weight excluding hydrogens is 390 g/mol. The fourth-order valence-electron chi connectivity index (χ4n) is 4.20. The van der Waals surface area contributed by atoms with Gasteiger partial charge in [-0.25, -0.2) is 0 Å². The summed E-state index contributed by atoms with van der Waals surface area (Å²) in [5.74, 6) is 0. The number of likely N-dealkylation sites (tertiary alicyclic amines) is 1. The van der Waals surface area contributed by atoms with Crippen molar-refractivity contribution in [1.82, 2.24) is 14.8 Å². The highest BCUT2D eigenvalue weighted by Gasteiger charge is 2.35. The summed E-state index contributed by atoms with van der Waals surface area (Å²) in [6.07, 6.45) is 10.3. The van der Waals surface area contributed by atoms with Gasteiger partial charge in [0, 0.05) is 42.5 Å². The van der Waals surface area contributed by atoms with Crippen LogP contribution >= 0.6 is 11.6 Å². The smallest absolute Gasteiger partial charge is 0.0722 e. The zero-order valence-corrected chi connectivity index (χ0v) is 20.0. The molecule has 2 unspecified atom stereocenters. The van der Waals surface area contributed by atoms with Gasteiger partial charge in [-0.2, -0.15) is 0 Å². The molecule has 2 aromatic rings. The molecule has 0 N–H and O–H groups in total. The van der Waals surface area contributed by atoms with Crippen molar-refractivity contribution in [3.63, 3.8) is 0 Å². The summed E-state index contributed by atoms with van der Waals surface area (Å²) in [7, 11) is 2.24. The number of pyridine rings is 1. The Balaban J connectivity index is 0.000000182. The molecule has 0 radical (unpaired) electrons. The molecule has 164 valence electrons. The summed E-state index contributed by atoms with van der Waals surface area (Å²) < 4.78 is 0. The number of benzene rings is 1. The van der Waals surface area contributed by atoms with E-state index in [1.165, 1.54) is 50.9 Å². The molecule has 2 bridgehead atoms. The SMILES string of the molecule is C=C(C)N1C2CCCC1CN(C)C2.C=Cc1ccc2c(Cl)ccnc2c1.CCCC. The average Bonchev–Trinajstić information content (AvgIpc) is 2.73. The van der Waals surface area contributed by atoms with Gasteiger partial charge < -0.3 is 9.80 Å². The van der Waals surface area contributed by atoms with E-state index >= 15 is 0 Å². The van der Waals surface area contributed by atoms with Crippen LogP contribution in [0.2, 0.25) is 5.02 Å². The van der Waals surface area contributed by atoms with E-state index in [1.807, 2.05) is 18.2 Å². The first kappa shape index (κ1) is 24.4. The van der Waals surface area contributed by atoms with Crippen molar-refractivity contribution in [3.05, 3.63) is 59.9 Å². The minimum atomic E-state index is 0.737. The van der Waals surface area contributed by atoms with E-state index in [4.69, 9.17) is 11.6 Å². The van der Waals surface area contributed by atoms with Crippen LogP contribution in [-0.4, -0.2) is 47.0 Å². The topological polar surface area (TPSA) is 19.4 Å². The van der Waals surface area contributed by atoms with Crippen molar-refractivity contribution in [2.45, 2.75) is 65.0 Å². The Morgan fingerprint density at radius 1 is 1.17 bits per heavy atom. The number of piperidine rings is 1. The minimum absolute atomic E-state index is 0.737. The van der Waals surface area contributed by atoms with Gasteiger partial charge in [-0.15, -0.1) is 0 Å². The van der Waals surface area contributed by atoms with Crippen molar-refractivity contribution in [3.8, 4) is 0 Å². The second-order valence-corrected chi connectivity index (χ2v) is 8.78. The number of nitrogens with zero attached hydrogens (tertiary/aromatic N) is 3. The molecule has 3 nitrogen and oxygen atoms in total. The first-order chi connectivity index (χ1) is 14.4. The van der Waals surface area contributed by atoms with Gasteiger partial charge in [-0.05, 0) is 50.9 Å². The van der Waals surface area contributed by atoms with Gasteiger partial charge in [0.15, 0.2) is 0 Å². The summed E-state index contributed by atoms with van der Waals surface area (Å²) in [6.45, 7) is 16.8. The zero-order chi connectivity index (χ0) is 22.1. The molecule has 4 rings (SSSR count). The highest BCUT2D eigenvalue weighted by Crippen LogP contribution is 2.30. The molecule has 1 aromatic heterocycles. The maximum absolute atomic E-state index is 5.99. The van der Waals surface area contributed by atoms with Gasteiger partial charge >= 0.3 is 0 Å². The monoisotopic (exact) mass is 427 g/mol. The van der Waals surface area contributed by atoms with E-state index in [1.54, 1.807) is 18.3 Å². The Morgan fingerprint density at radius 3 is 2.33 bits per heavy atom. The van der Waals surface area contributed by atoms with Gasteiger partial charge in [0.25, 0.3) is 0 Å². The first-order valence-electron chi connectivity index (χ1n) is 11.2. The highest BCUT2D eigenvalue weighted by atomic mass is 35.5. The van der Waals surface area contributed by atoms with Gasteiger partial charge in [-0.1, -0.05) is 69.7 Å². The van der Waals surface area contributed by atoms with Gasteiger partial charge in [-0.3, -0.25) is 4.98 Å². The summed E-state index contributed by atoms with van der Waals surface area (Å²) in [5, 5.41) is 1.72. The van der Waals surface area contributed by atoms with E-state index in [-0.39, 0.29) is 0 Å². The van der Waals surface area contributed by atoms with Crippen LogP contribution in [0.25, 0.3) is 17.0 Å². The van der Waals surface area contributed by atoms with Crippen LogP contribution in [0.1, 0.15) is 58.4 Å². The van der Waals surface area contributed by atoms with E-state index in [0.29, 0.717) is 0 Å². The molecule has 0 aliphatic carbocycles. The summed E-state index contributed by atoms with van der Waals surface area (Å²) >= 11 is 5.99. The quantitative estimate of drug-likeness (QED) is 0.524. The standard InChI is InChI=1S/C11H8ClN.C11H20N2.C4H10/c1-2-8-3-4-9-10(12)5-6-13-11(9)7-8;1-9(2)13-10-5-4-6-11(13)8-12(3)7-10;1-3-4-2/h2-7H,1H2;10-11H,1,4-8H2,2-3H3;3-4H2,1-2H3. The lowest BCUT2D eigenvalue weighted by Crippen LogP contribution is -2.58. The van der Waals surface area contributed by atoms with Crippen LogP contribution in [-0.2, 0) is 0 Å². The third kappa shape index (κ3) is 6.58. The largest absolute Gasteiger partial charge is 0.367 e. The molecule has 3 heterocycles. The van der Waals surface area contributed by atoms with Crippen LogP contribution in [0.15, 0.2) is 49.3 Å². The molecule has 2 saturated heterocycles. The van der Waals surface area contributed by atoms with Gasteiger partial charge in [0.1, 0.15) is 0 Å². The van der Waals surface area contributed by atoms with Crippen LogP contribution in [0, 0.1) is 0 Å². The number of unbranched alkanes of at least 4 members (excludes halogenated alkanes) is 1. The molecule has 0 spiro atoms. The summed E-state index contributed by atoms with van der Waals surface area (Å²) in [4.78, 5) is 9.24. The normalized spacial score (nSPS) is 20.5. The molecular formula is C26H38ClN3. The molecule has 2 atom stereocenters. The molecule has 2 fully saturated rings. The van der Waals surface area contributed by atoms with Crippen molar-refractivity contribution < 1.29 is 0 Å². The third-order valence-corrected chi connectivity index (χ3v) is 6.13. The van der Waals surface area contributed by atoms with E-state index in [9.17, 15) is 0 Å². The lowest BCUT2D eigenvalue weighted by Gasteiger charge is -2.50. The minimum Gasteiger partial charge on any atom is -0.367 e. The fourth-order valence-corrected chi connectivity index (χ4v) is 4.41. The number of fused-ring (bicyclic) bond motifs is 3. The van der Waals surface area contributed by atoms with Crippen molar-refractivity contribution in [2.75, 3.05) is 20.1 Å². The third-order valence-electron chi connectivity index (χ3n) is 5.80. The summed E-state index contributed by atoms with van der Waals surface area (Å²) in [5.41, 5.74) is 3.23.